The summed E-state index contributed by atoms with van der Waals surface area (Å²) in [5.41, 5.74) is 0. The van der Waals surface area contributed by atoms with Gasteiger partial charge in [0.15, 0.2) is 23.9 Å². The van der Waals surface area contributed by atoms with Crippen LogP contribution < -0.4 is 9.47 Å². The average Bonchev–Trinajstić information content (AvgIpc) is 3.30. The topological polar surface area (TPSA) is 70.3 Å². The molecule has 1 fully saturated rings. The van der Waals surface area contributed by atoms with E-state index in [1.807, 2.05) is 18.2 Å². The third kappa shape index (κ3) is 2.47. The molecule has 2 aromatic heterocycles. The van der Waals surface area contributed by atoms with Crippen molar-refractivity contribution in [1.29, 1.82) is 0 Å². The Kier molecular flexibility index (Phi) is 3.14. The van der Waals surface area contributed by atoms with E-state index in [1.54, 1.807) is 19.5 Å². The molecule has 0 N–H and O–H groups in total. The van der Waals surface area contributed by atoms with Gasteiger partial charge < -0.3 is 14.0 Å². The molecule has 0 atom stereocenters. The minimum atomic E-state index is 0.224. The summed E-state index contributed by atoms with van der Waals surface area (Å²) in [5.74, 6) is 3.04. The molecular weight excluding hydrogens is 282 g/mol. The highest BCUT2D eigenvalue weighted by molar-refractivity contribution is 5.85. The van der Waals surface area contributed by atoms with Crippen LogP contribution in [0.5, 0.6) is 11.5 Å². The molecule has 0 amide bonds. The number of ether oxygens (including phenoxy) is 2. The molecule has 2 heterocycles. The second kappa shape index (κ2) is 5.29. The van der Waals surface area contributed by atoms with E-state index in [1.165, 1.54) is 0 Å². The third-order valence-corrected chi connectivity index (χ3v) is 3.70. The van der Waals surface area contributed by atoms with Gasteiger partial charge in [0.1, 0.15) is 0 Å². The lowest BCUT2D eigenvalue weighted by atomic mass is 10.1. The highest BCUT2D eigenvalue weighted by Crippen LogP contribution is 2.38. The molecule has 0 unspecified atom stereocenters. The molecule has 3 aromatic rings. The van der Waals surface area contributed by atoms with Gasteiger partial charge in [-0.25, -0.2) is 0 Å². The van der Waals surface area contributed by atoms with Crippen LogP contribution in [-0.4, -0.2) is 22.2 Å². The first kappa shape index (κ1) is 13.1. The van der Waals surface area contributed by atoms with Gasteiger partial charge in [-0.05, 0) is 36.4 Å². The number of benzene rings is 1. The van der Waals surface area contributed by atoms with Crippen molar-refractivity contribution in [1.82, 2.24) is 15.1 Å². The van der Waals surface area contributed by atoms with Gasteiger partial charge in [0, 0.05) is 23.7 Å². The first-order valence-electron chi connectivity index (χ1n) is 7.20. The van der Waals surface area contributed by atoms with E-state index in [-0.39, 0.29) is 6.61 Å². The summed E-state index contributed by atoms with van der Waals surface area (Å²) in [6, 6.07) is 5.76. The normalized spacial score (nSPS) is 14.2. The molecule has 1 saturated carbocycles. The molecule has 4 rings (SSSR count). The number of hydrogen-bond acceptors (Lipinski definition) is 6. The van der Waals surface area contributed by atoms with E-state index in [9.17, 15) is 0 Å². The third-order valence-electron chi connectivity index (χ3n) is 3.70. The Labute approximate surface area is 127 Å². The van der Waals surface area contributed by atoms with Crippen molar-refractivity contribution >= 4 is 10.8 Å². The van der Waals surface area contributed by atoms with Crippen LogP contribution in [0.15, 0.2) is 35.1 Å². The maximum Gasteiger partial charge on any atom is 0.264 e. The highest BCUT2D eigenvalue weighted by atomic mass is 16.5. The summed E-state index contributed by atoms with van der Waals surface area (Å²) in [5, 5.41) is 6.01. The predicted molar refractivity (Wildman–Crippen MR) is 78.9 cm³/mol. The average molecular weight is 297 g/mol. The minimum Gasteiger partial charge on any atom is -0.493 e. The molecule has 0 bridgehead atoms. The molecule has 1 aliphatic rings. The first-order valence-corrected chi connectivity index (χ1v) is 7.20. The standard InChI is InChI=1S/C16H15N3O3/c1-20-13-6-11-4-5-17-8-12(11)7-14(13)21-9-15-18-16(19-22-15)10-2-3-10/h4-8,10H,2-3,9H2,1H3. The van der Waals surface area contributed by atoms with Crippen molar-refractivity contribution in [3.63, 3.8) is 0 Å². The van der Waals surface area contributed by atoms with E-state index < -0.39 is 0 Å². The minimum absolute atomic E-state index is 0.224. The Bertz CT molecular complexity index is 811. The van der Waals surface area contributed by atoms with Gasteiger partial charge >= 0.3 is 0 Å². The number of aromatic nitrogens is 3. The van der Waals surface area contributed by atoms with Gasteiger partial charge in [0.2, 0.25) is 0 Å². The molecule has 6 nitrogen and oxygen atoms in total. The Balaban J connectivity index is 1.56. The van der Waals surface area contributed by atoms with Crippen LogP contribution in [0.25, 0.3) is 10.8 Å². The number of fused-ring (bicyclic) bond motifs is 1. The summed E-state index contributed by atoms with van der Waals surface area (Å²) in [7, 11) is 1.62. The fraction of sp³-hybridized carbons (Fsp3) is 0.312. The fourth-order valence-electron chi connectivity index (χ4n) is 2.34. The number of methoxy groups -OCH3 is 1. The second-order valence-corrected chi connectivity index (χ2v) is 5.34. The second-order valence-electron chi connectivity index (χ2n) is 5.34. The molecule has 6 heteroatoms. The molecule has 0 radical (unpaired) electrons. The van der Waals surface area contributed by atoms with Crippen LogP contribution in [0.3, 0.4) is 0 Å². The summed E-state index contributed by atoms with van der Waals surface area (Å²) >= 11 is 0. The van der Waals surface area contributed by atoms with Gasteiger partial charge in [-0.2, -0.15) is 4.98 Å². The predicted octanol–water partition coefficient (Wildman–Crippen LogP) is 3.08. The summed E-state index contributed by atoms with van der Waals surface area (Å²) in [6.07, 6.45) is 5.83. The van der Waals surface area contributed by atoms with Crippen LogP contribution >= 0.6 is 0 Å². The SMILES string of the molecule is COc1cc2ccncc2cc1OCc1nc(C2CC2)no1. The Morgan fingerprint density at radius 3 is 2.91 bits per heavy atom. The van der Waals surface area contributed by atoms with Crippen LogP contribution in [-0.2, 0) is 6.61 Å². The lowest BCUT2D eigenvalue weighted by Gasteiger charge is -2.10. The van der Waals surface area contributed by atoms with Crippen molar-refractivity contribution in [3.05, 3.63) is 42.3 Å². The quantitative estimate of drug-likeness (QED) is 0.720. The maximum atomic E-state index is 5.79. The van der Waals surface area contributed by atoms with Gasteiger partial charge in [0.05, 0.1) is 7.11 Å². The summed E-state index contributed by atoms with van der Waals surface area (Å²) in [4.78, 5) is 8.47. The summed E-state index contributed by atoms with van der Waals surface area (Å²) < 4.78 is 16.4. The molecule has 0 saturated heterocycles. The molecule has 0 spiro atoms. The van der Waals surface area contributed by atoms with Crippen LogP contribution in [0.2, 0.25) is 0 Å². The van der Waals surface area contributed by atoms with Gasteiger partial charge in [-0.15, -0.1) is 0 Å². The van der Waals surface area contributed by atoms with Crippen LogP contribution in [0.4, 0.5) is 0 Å². The van der Waals surface area contributed by atoms with Gasteiger partial charge in [-0.1, -0.05) is 5.16 Å². The molecule has 0 aliphatic heterocycles. The Hall–Kier alpha value is -2.63. The molecular formula is C16H15N3O3. The van der Waals surface area contributed by atoms with Crippen molar-refractivity contribution in [3.8, 4) is 11.5 Å². The lowest BCUT2D eigenvalue weighted by Crippen LogP contribution is -1.98. The Morgan fingerprint density at radius 1 is 1.23 bits per heavy atom. The van der Waals surface area contributed by atoms with E-state index in [0.29, 0.717) is 23.3 Å². The van der Waals surface area contributed by atoms with E-state index in [4.69, 9.17) is 14.0 Å². The first-order chi connectivity index (χ1) is 10.8. The number of pyridine rings is 1. The lowest BCUT2D eigenvalue weighted by molar-refractivity contribution is 0.233. The van der Waals surface area contributed by atoms with Crippen molar-refractivity contribution in [2.75, 3.05) is 7.11 Å². The fourth-order valence-corrected chi connectivity index (χ4v) is 2.34. The van der Waals surface area contributed by atoms with E-state index >= 15 is 0 Å². The smallest absolute Gasteiger partial charge is 0.264 e. The van der Waals surface area contributed by atoms with Gasteiger partial charge in [0.25, 0.3) is 5.89 Å². The largest absolute Gasteiger partial charge is 0.493 e. The zero-order chi connectivity index (χ0) is 14.9. The highest BCUT2D eigenvalue weighted by Gasteiger charge is 2.28. The summed E-state index contributed by atoms with van der Waals surface area (Å²) in [6.45, 7) is 0.224. The van der Waals surface area contributed by atoms with Gasteiger partial charge in [-0.3, -0.25) is 4.98 Å². The van der Waals surface area contributed by atoms with Crippen molar-refractivity contribution < 1.29 is 14.0 Å². The van der Waals surface area contributed by atoms with Crippen molar-refractivity contribution in [2.45, 2.75) is 25.4 Å². The van der Waals surface area contributed by atoms with Crippen LogP contribution in [0, 0.1) is 0 Å². The Morgan fingerprint density at radius 2 is 2.09 bits per heavy atom. The maximum absolute atomic E-state index is 5.79. The monoisotopic (exact) mass is 297 g/mol. The number of rotatable bonds is 5. The molecule has 1 aliphatic carbocycles. The zero-order valence-corrected chi connectivity index (χ0v) is 12.2. The molecule has 1 aromatic carbocycles. The molecule has 22 heavy (non-hydrogen) atoms. The van der Waals surface area contributed by atoms with E-state index in [2.05, 4.69) is 15.1 Å². The van der Waals surface area contributed by atoms with E-state index in [0.717, 1.165) is 29.4 Å². The van der Waals surface area contributed by atoms with Crippen LogP contribution in [0.1, 0.15) is 30.5 Å². The number of hydrogen-bond donors (Lipinski definition) is 0. The molecule has 112 valence electrons. The number of nitrogens with zero attached hydrogens (tertiary/aromatic N) is 3. The van der Waals surface area contributed by atoms with Crippen molar-refractivity contribution in [2.24, 2.45) is 0 Å². The zero-order valence-electron chi connectivity index (χ0n) is 12.2.